The summed E-state index contributed by atoms with van der Waals surface area (Å²) >= 11 is 0. The molecule has 0 aliphatic carbocycles. The summed E-state index contributed by atoms with van der Waals surface area (Å²) in [4.78, 5) is 35.1. The lowest BCUT2D eigenvalue weighted by Gasteiger charge is -2.08. The highest BCUT2D eigenvalue weighted by Gasteiger charge is 2.09. The fourth-order valence-corrected chi connectivity index (χ4v) is 2.34. The molecule has 0 aliphatic rings. The van der Waals surface area contributed by atoms with E-state index < -0.39 is 11.9 Å². The highest BCUT2D eigenvalue weighted by atomic mass is 16.5. The van der Waals surface area contributed by atoms with Gasteiger partial charge < -0.3 is 24.8 Å². The molecule has 0 spiro atoms. The van der Waals surface area contributed by atoms with Crippen molar-refractivity contribution in [2.45, 2.75) is 12.8 Å². The average Bonchev–Trinajstić information content (AvgIpc) is 2.75. The second-order valence-electron chi connectivity index (χ2n) is 5.99. The number of rotatable bonds is 10. The van der Waals surface area contributed by atoms with Gasteiger partial charge in [0, 0.05) is 24.7 Å². The molecular weight excluding hydrogens is 376 g/mol. The van der Waals surface area contributed by atoms with E-state index in [9.17, 15) is 14.4 Å². The maximum atomic E-state index is 11.9. The van der Waals surface area contributed by atoms with Crippen LogP contribution < -0.4 is 20.1 Å². The summed E-state index contributed by atoms with van der Waals surface area (Å²) in [6.07, 6.45) is 0.609. The first kappa shape index (κ1) is 21.7. The fraction of sp³-hybridized carbons (Fsp3) is 0.286. The van der Waals surface area contributed by atoms with Crippen LogP contribution >= 0.6 is 0 Å². The van der Waals surface area contributed by atoms with Crippen LogP contribution in [-0.4, -0.2) is 45.2 Å². The van der Waals surface area contributed by atoms with Crippen LogP contribution in [0.1, 0.15) is 23.2 Å². The van der Waals surface area contributed by atoms with Crippen LogP contribution in [0.5, 0.6) is 11.5 Å². The van der Waals surface area contributed by atoms with E-state index >= 15 is 0 Å². The van der Waals surface area contributed by atoms with Crippen molar-refractivity contribution in [2.24, 2.45) is 0 Å². The lowest BCUT2D eigenvalue weighted by Crippen LogP contribution is -2.21. The van der Waals surface area contributed by atoms with E-state index in [4.69, 9.17) is 14.2 Å². The first-order valence-electron chi connectivity index (χ1n) is 9.06. The largest absolute Gasteiger partial charge is 0.497 e. The predicted octanol–water partition coefficient (Wildman–Crippen LogP) is 2.40. The maximum absolute atomic E-state index is 11.9. The molecule has 8 heteroatoms. The van der Waals surface area contributed by atoms with Gasteiger partial charge in [-0.15, -0.1) is 0 Å². The molecule has 0 aliphatic heterocycles. The van der Waals surface area contributed by atoms with Gasteiger partial charge in [-0.25, -0.2) is 0 Å². The monoisotopic (exact) mass is 400 g/mol. The van der Waals surface area contributed by atoms with E-state index in [1.165, 1.54) is 7.05 Å². The Balaban J connectivity index is 1.62. The number of benzene rings is 2. The van der Waals surface area contributed by atoms with Crippen molar-refractivity contribution in [2.75, 3.05) is 32.7 Å². The van der Waals surface area contributed by atoms with Crippen LogP contribution in [0.25, 0.3) is 0 Å². The lowest BCUT2D eigenvalue weighted by molar-refractivity contribution is -0.147. The summed E-state index contributed by atoms with van der Waals surface area (Å²) in [5.41, 5.74) is 0.986. The molecule has 29 heavy (non-hydrogen) atoms. The normalized spacial score (nSPS) is 10.0. The van der Waals surface area contributed by atoms with Crippen molar-refractivity contribution in [3.8, 4) is 11.5 Å². The Morgan fingerprint density at radius 3 is 2.21 bits per heavy atom. The number of nitrogens with one attached hydrogen (secondary N) is 2. The molecular formula is C21H24N2O6. The Morgan fingerprint density at radius 2 is 1.59 bits per heavy atom. The van der Waals surface area contributed by atoms with E-state index in [0.717, 1.165) is 5.75 Å². The smallest absolute Gasteiger partial charge is 0.306 e. The summed E-state index contributed by atoms with van der Waals surface area (Å²) in [6.45, 7) is -0.0271. The summed E-state index contributed by atoms with van der Waals surface area (Å²) < 4.78 is 15.5. The summed E-state index contributed by atoms with van der Waals surface area (Å²) in [7, 11) is 3.13. The zero-order chi connectivity index (χ0) is 21.1. The second kappa shape index (κ2) is 11.3. The first-order chi connectivity index (χ1) is 14.0. The van der Waals surface area contributed by atoms with Crippen molar-refractivity contribution in [1.82, 2.24) is 5.32 Å². The third-order valence-electron chi connectivity index (χ3n) is 3.88. The predicted molar refractivity (Wildman–Crippen MR) is 107 cm³/mol. The van der Waals surface area contributed by atoms with Gasteiger partial charge in [0.15, 0.2) is 6.61 Å². The molecule has 0 fully saturated rings. The van der Waals surface area contributed by atoms with Gasteiger partial charge in [-0.1, -0.05) is 0 Å². The number of esters is 1. The Bertz CT molecular complexity index is 818. The molecule has 154 valence electrons. The minimum atomic E-state index is -0.478. The van der Waals surface area contributed by atoms with Crippen molar-refractivity contribution in [1.29, 1.82) is 0 Å². The van der Waals surface area contributed by atoms with Gasteiger partial charge in [-0.3, -0.25) is 14.4 Å². The number of carbonyl (C=O) groups is 3. The van der Waals surface area contributed by atoms with Crippen molar-refractivity contribution < 1.29 is 28.6 Å². The number of amides is 2. The standard InChI is InChI=1S/C21H24N2O6/c1-22-21(26)15-5-7-16(8-6-15)23-19(24)14-29-20(25)4-3-13-28-18-11-9-17(27-2)10-12-18/h5-12H,3-4,13-14H2,1-2H3,(H,22,26)(H,23,24). The van der Waals surface area contributed by atoms with Crippen LogP contribution in [0.2, 0.25) is 0 Å². The molecule has 0 atom stereocenters. The number of hydrogen-bond donors (Lipinski definition) is 2. The fourth-order valence-electron chi connectivity index (χ4n) is 2.34. The molecule has 8 nitrogen and oxygen atoms in total. The highest BCUT2D eigenvalue weighted by Crippen LogP contribution is 2.17. The molecule has 2 rings (SSSR count). The number of hydrogen-bond acceptors (Lipinski definition) is 6. The Labute approximate surface area is 169 Å². The molecule has 0 heterocycles. The van der Waals surface area contributed by atoms with Crippen LogP contribution in [0.4, 0.5) is 5.69 Å². The van der Waals surface area contributed by atoms with E-state index in [-0.39, 0.29) is 18.9 Å². The van der Waals surface area contributed by atoms with Gasteiger partial charge >= 0.3 is 5.97 Å². The van der Waals surface area contributed by atoms with Crippen molar-refractivity contribution in [3.63, 3.8) is 0 Å². The lowest BCUT2D eigenvalue weighted by atomic mass is 10.2. The third-order valence-corrected chi connectivity index (χ3v) is 3.88. The third kappa shape index (κ3) is 7.53. The summed E-state index contributed by atoms with van der Waals surface area (Å²) in [5.74, 6) is 0.268. The molecule has 0 radical (unpaired) electrons. The molecule has 2 aromatic carbocycles. The minimum absolute atomic E-state index is 0.143. The summed E-state index contributed by atoms with van der Waals surface area (Å²) in [6, 6.07) is 13.5. The topological polar surface area (TPSA) is 103 Å². The van der Waals surface area contributed by atoms with Crippen LogP contribution in [0.15, 0.2) is 48.5 Å². The number of methoxy groups -OCH3 is 1. The van der Waals surface area contributed by atoms with Crippen LogP contribution in [0, 0.1) is 0 Å². The maximum Gasteiger partial charge on any atom is 0.306 e. The molecule has 0 bridgehead atoms. The quantitative estimate of drug-likeness (QED) is 0.469. The van der Waals surface area contributed by atoms with Crippen LogP contribution in [-0.2, 0) is 14.3 Å². The minimum Gasteiger partial charge on any atom is -0.497 e. The van der Waals surface area contributed by atoms with Crippen LogP contribution in [0.3, 0.4) is 0 Å². The van der Waals surface area contributed by atoms with Gasteiger partial charge in [0.05, 0.1) is 13.7 Å². The van der Waals surface area contributed by atoms with Gasteiger partial charge in [0.2, 0.25) is 0 Å². The molecule has 2 N–H and O–H groups in total. The van der Waals surface area contributed by atoms with Gasteiger partial charge in [-0.2, -0.15) is 0 Å². The molecule has 0 unspecified atom stereocenters. The number of ether oxygens (including phenoxy) is 3. The van der Waals surface area contributed by atoms with E-state index in [1.807, 2.05) is 0 Å². The Kier molecular flexibility index (Phi) is 8.50. The van der Waals surface area contributed by atoms with E-state index in [2.05, 4.69) is 10.6 Å². The van der Waals surface area contributed by atoms with Crippen molar-refractivity contribution >= 4 is 23.5 Å². The zero-order valence-corrected chi connectivity index (χ0v) is 16.4. The second-order valence-corrected chi connectivity index (χ2v) is 5.99. The number of anilines is 1. The average molecular weight is 400 g/mol. The Morgan fingerprint density at radius 1 is 0.931 bits per heavy atom. The molecule has 0 saturated heterocycles. The molecule has 0 saturated carbocycles. The van der Waals surface area contributed by atoms with Crippen molar-refractivity contribution in [3.05, 3.63) is 54.1 Å². The highest BCUT2D eigenvalue weighted by molar-refractivity contribution is 5.96. The molecule has 0 aromatic heterocycles. The number of carbonyl (C=O) groups excluding carboxylic acids is 3. The SMILES string of the molecule is CNC(=O)c1ccc(NC(=O)COC(=O)CCCOc2ccc(OC)cc2)cc1. The zero-order valence-electron chi connectivity index (χ0n) is 16.4. The Hall–Kier alpha value is -3.55. The summed E-state index contributed by atoms with van der Waals surface area (Å²) in [5, 5.41) is 5.11. The van der Waals surface area contributed by atoms with E-state index in [1.54, 1.807) is 55.6 Å². The van der Waals surface area contributed by atoms with Gasteiger partial charge in [0.25, 0.3) is 11.8 Å². The first-order valence-corrected chi connectivity index (χ1v) is 9.06. The molecule has 2 amide bonds. The van der Waals surface area contributed by atoms with Gasteiger partial charge in [-0.05, 0) is 55.0 Å². The van der Waals surface area contributed by atoms with Gasteiger partial charge in [0.1, 0.15) is 11.5 Å². The molecule has 2 aromatic rings. The van der Waals surface area contributed by atoms with E-state index in [0.29, 0.717) is 30.0 Å².